The number of amides is 2. The number of aryl methyl sites for hydroxylation is 2. The van der Waals surface area contributed by atoms with Gasteiger partial charge in [0.05, 0.1) is 17.3 Å². The quantitative estimate of drug-likeness (QED) is 0.360. The Balaban J connectivity index is 1.67. The van der Waals surface area contributed by atoms with Gasteiger partial charge in [-0.3, -0.25) is 4.90 Å². The molecule has 6 nitrogen and oxygen atoms in total. The van der Waals surface area contributed by atoms with Gasteiger partial charge in [0.25, 0.3) is 5.89 Å². The van der Waals surface area contributed by atoms with Crippen molar-refractivity contribution >= 4 is 28.9 Å². The Morgan fingerprint density at radius 3 is 2.29 bits per heavy atom. The van der Waals surface area contributed by atoms with E-state index < -0.39 is 6.04 Å². The predicted octanol–water partition coefficient (Wildman–Crippen LogP) is 6.71. The molecule has 2 amide bonds. The first kappa shape index (κ1) is 21.9. The van der Waals surface area contributed by atoms with Gasteiger partial charge in [-0.1, -0.05) is 65.3 Å². The number of allylic oxidation sites excluding steroid dienone is 1. The highest BCUT2D eigenvalue weighted by molar-refractivity contribution is 6.30. The van der Waals surface area contributed by atoms with Crippen molar-refractivity contribution in [2.75, 3.05) is 4.90 Å². The average Bonchev–Trinajstić information content (AvgIpc) is 3.29. The van der Waals surface area contributed by atoms with Crippen LogP contribution in [0.4, 0.5) is 10.5 Å². The van der Waals surface area contributed by atoms with E-state index in [1.54, 1.807) is 17.0 Å². The molecule has 1 N–H and O–H groups in total. The molecule has 0 aliphatic carbocycles. The number of carbonyl (C=O) groups excluding carboxylic acids is 1. The van der Waals surface area contributed by atoms with E-state index in [2.05, 4.69) is 16.5 Å². The standard InChI is InChI=1S/C27H23ClN4O2/c1-16-13-17(2)15-22(14-16)32-18(3)23(24(29-27(32)33)19-9-11-21(28)12-10-19)26-30-25(31-34-26)20-7-5-4-6-8-20/h4-15,24H,1-3H3,(H,29,33). The first-order chi connectivity index (χ1) is 16.4. The second-order valence-electron chi connectivity index (χ2n) is 8.40. The average molecular weight is 471 g/mol. The van der Waals surface area contributed by atoms with Crippen molar-refractivity contribution in [1.82, 2.24) is 15.5 Å². The predicted molar refractivity (Wildman–Crippen MR) is 133 cm³/mol. The molecule has 0 fully saturated rings. The lowest BCUT2D eigenvalue weighted by atomic mass is 9.94. The SMILES string of the molecule is CC1=C(c2nc(-c3ccccc3)no2)C(c2ccc(Cl)cc2)NC(=O)N1c1cc(C)cc(C)c1. The van der Waals surface area contributed by atoms with E-state index in [0.29, 0.717) is 16.7 Å². The van der Waals surface area contributed by atoms with Crippen LogP contribution >= 0.6 is 11.6 Å². The van der Waals surface area contributed by atoms with Gasteiger partial charge < -0.3 is 9.84 Å². The summed E-state index contributed by atoms with van der Waals surface area (Å²) in [6.07, 6.45) is 0. The lowest BCUT2D eigenvalue weighted by Gasteiger charge is -2.35. The Morgan fingerprint density at radius 1 is 0.941 bits per heavy atom. The van der Waals surface area contributed by atoms with E-state index in [1.165, 1.54) is 0 Å². The highest BCUT2D eigenvalue weighted by Crippen LogP contribution is 2.39. The number of halogens is 1. The lowest BCUT2D eigenvalue weighted by Crippen LogP contribution is -2.46. The molecule has 0 spiro atoms. The normalized spacial score (nSPS) is 16.1. The molecule has 0 radical (unpaired) electrons. The summed E-state index contributed by atoms with van der Waals surface area (Å²) < 4.78 is 5.75. The molecular weight excluding hydrogens is 448 g/mol. The van der Waals surface area contributed by atoms with E-state index in [4.69, 9.17) is 21.1 Å². The van der Waals surface area contributed by atoms with E-state index in [1.807, 2.05) is 75.4 Å². The third-order valence-corrected chi connectivity index (χ3v) is 6.09. The second kappa shape index (κ2) is 8.80. The minimum absolute atomic E-state index is 0.228. The second-order valence-corrected chi connectivity index (χ2v) is 8.84. The first-order valence-corrected chi connectivity index (χ1v) is 11.3. The van der Waals surface area contributed by atoms with Crippen LogP contribution in [-0.4, -0.2) is 16.2 Å². The molecule has 1 aliphatic rings. The minimum Gasteiger partial charge on any atom is -0.334 e. The maximum absolute atomic E-state index is 13.4. The Hall–Kier alpha value is -3.90. The number of nitrogens with one attached hydrogen (secondary N) is 1. The molecule has 1 aliphatic heterocycles. The number of nitrogens with zero attached hydrogens (tertiary/aromatic N) is 3. The highest BCUT2D eigenvalue weighted by Gasteiger charge is 2.36. The largest absolute Gasteiger partial charge is 0.334 e. The monoisotopic (exact) mass is 470 g/mol. The van der Waals surface area contributed by atoms with Crippen LogP contribution in [-0.2, 0) is 0 Å². The zero-order valence-electron chi connectivity index (χ0n) is 19.0. The van der Waals surface area contributed by atoms with Crippen LogP contribution in [0.2, 0.25) is 5.02 Å². The Morgan fingerprint density at radius 2 is 1.62 bits per heavy atom. The van der Waals surface area contributed by atoms with Gasteiger partial charge in [-0.15, -0.1) is 0 Å². The van der Waals surface area contributed by atoms with Crippen LogP contribution in [0.3, 0.4) is 0 Å². The molecule has 0 bridgehead atoms. The molecule has 5 rings (SSSR count). The topological polar surface area (TPSA) is 71.3 Å². The molecule has 4 aromatic rings. The number of rotatable bonds is 4. The lowest BCUT2D eigenvalue weighted by molar-refractivity contribution is 0.244. The van der Waals surface area contributed by atoms with Crippen molar-refractivity contribution in [2.45, 2.75) is 26.8 Å². The van der Waals surface area contributed by atoms with Crippen LogP contribution in [0.5, 0.6) is 0 Å². The summed E-state index contributed by atoms with van der Waals surface area (Å²) in [6.45, 7) is 5.93. The van der Waals surface area contributed by atoms with Gasteiger partial charge in [-0.25, -0.2) is 4.79 Å². The molecule has 1 aromatic heterocycles. The van der Waals surface area contributed by atoms with Gasteiger partial charge in [0.1, 0.15) is 0 Å². The third-order valence-electron chi connectivity index (χ3n) is 5.84. The fraction of sp³-hybridized carbons (Fsp3) is 0.148. The molecule has 1 atom stereocenters. The number of urea groups is 1. The summed E-state index contributed by atoms with van der Waals surface area (Å²) in [4.78, 5) is 19.7. The van der Waals surface area contributed by atoms with Gasteiger partial charge in [0.15, 0.2) is 0 Å². The zero-order valence-corrected chi connectivity index (χ0v) is 19.8. The molecule has 34 heavy (non-hydrogen) atoms. The Bertz CT molecular complexity index is 1370. The minimum atomic E-state index is -0.476. The first-order valence-electron chi connectivity index (χ1n) is 11.0. The van der Waals surface area contributed by atoms with Crippen LogP contribution in [0.15, 0.2) is 83.0 Å². The van der Waals surface area contributed by atoms with Crippen molar-refractivity contribution in [3.05, 3.63) is 106 Å². The van der Waals surface area contributed by atoms with Crippen LogP contribution < -0.4 is 10.2 Å². The van der Waals surface area contributed by atoms with Gasteiger partial charge in [0, 0.05) is 16.3 Å². The number of aromatic nitrogens is 2. The van der Waals surface area contributed by atoms with E-state index in [9.17, 15) is 4.79 Å². The number of benzene rings is 3. The van der Waals surface area contributed by atoms with Gasteiger partial charge in [-0.05, 0) is 61.7 Å². The van der Waals surface area contributed by atoms with Gasteiger partial charge in [-0.2, -0.15) is 4.98 Å². The molecule has 3 aromatic carbocycles. The van der Waals surface area contributed by atoms with Crippen LogP contribution in [0.25, 0.3) is 17.0 Å². The summed E-state index contributed by atoms with van der Waals surface area (Å²) >= 11 is 6.12. The van der Waals surface area contributed by atoms with E-state index >= 15 is 0 Å². The third kappa shape index (κ3) is 4.08. The highest BCUT2D eigenvalue weighted by atomic mass is 35.5. The van der Waals surface area contributed by atoms with Crippen molar-refractivity contribution in [2.24, 2.45) is 0 Å². The molecule has 2 heterocycles. The molecule has 0 saturated carbocycles. The molecule has 0 saturated heterocycles. The Labute approximate surface area is 202 Å². The molecule has 1 unspecified atom stereocenters. The zero-order chi connectivity index (χ0) is 23.8. The summed E-state index contributed by atoms with van der Waals surface area (Å²) in [5, 5.41) is 7.96. The number of hydrogen-bond donors (Lipinski definition) is 1. The van der Waals surface area contributed by atoms with Gasteiger partial charge in [0.2, 0.25) is 5.82 Å². The summed E-state index contributed by atoms with van der Waals surface area (Å²) in [5.41, 5.74) is 6.09. The fourth-order valence-electron chi connectivity index (χ4n) is 4.35. The van der Waals surface area contributed by atoms with Crippen LogP contribution in [0, 0.1) is 13.8 Å². The van der Waals surface area contributed by atoms with E-state index in [-0.39, 0.29) is 6.03 Å². The summed E-state index contributed by atoms with van der Waals surface area (Å²) in [7, 11) is 0. The van der Waals surface area contributed by atoms with Crippen molar-refractivity contribution < 1.29 is 9.32 Å². The van der Waals surface area contributed by atoms with Gasteiger partial charge >= 0.3 is 6.03 Å². The Kier molecular flexibility index (Phi) is 5.67. The molecule has 170 valence electrons. The number of anilines is 1. The maximum atomic E-state index is 13.4. The van der Waals surface area contributed by atoms with Crippen molar-refractivity contribution in [3.8, 4) is 11.4 Å². The van der Waals surface area contributed by atoms with E-state index in [0.717, 1.165) is 39.2 Å². The van der Waals surface area contributed by atoms with Crippen molar-refractivity contribution in [1.29, 1.82) is 0 Å². The summed E-state index contributed by atoms with van der Waals surface area (Å²) in [5.74, 6) is 0.839. The fourth-order valence-corrected chi connectivity index (χ4v) is 4.48. The maximum Gasteiger partial charge on any atom is 0.326 e. The smallest absolute Gasteiger partial charge is 0.326 e. The van der Waals surface area contributed by atoms with Crippen molar-refractivity contribution in [3.63, 3.8) is 0 Å². The number of hydrogen-bond acceptors (Lipinski definition) is 4. The number of carbonyl (C=O) groups is 1. The summed E-state index contributed by atoms with van der Waals surface area (Å²) in [6, 6.07) is 22.4. The molecule has 7 heteroatoms. The van der Waals surface area contributed by atoms with Crippen LogP contribution in [0.1, 0.15) is 35.5 Å². The molecular formula is C27H23ClN4O2.